The van der Waals surface area contributed by atoms with Crippen molar-refractivity contribution in [3.05, 3.63) is 29.3 Å². The first kappa shape index (κ1) is 15.8. The van der Waals surface area contributed by atoms with Crippen molar-refractivity contribution >= 4 is 11.6 Å². The van der Waals surface area contributed by atoms with Crippen molar-refractivity contribution < 1.29 is 9.53 Å². The van der Waals surface area contributed by atoms with Gasteiger partial charge >= 0.3 is 0 Å². The van der Waals surface area contributed by atoms with E-state index in [-0.39, 0.29) is 12.0 Å². The Bertz CT molecular complexity index is 482. The fourth-order valence-corrected chi connectivity index (χ4v) is 2.67. The molecule has 1 aromatic rings. The summed E-state index contributed by atoms with van der Waals surface area (Å²) in [6.45, 7) is 6.57. The topological polar surface area (TPSA) is 41.6 Å². The number of hydrogen-bond acceptors (Lipinski definition) is 3. The molecule has 2 rings (SSSR count). The van der Waals surface area contributed by atoms with Crippen LogP contribution in [0.2, 0.25) is 0 Å². The number of nitrogens with zero attached hydrogens (tertiary/aromatic N) is 1. The predicted octanol–water partition coefficient (Wildman–Crippen LogP) is 3.07. The van der Waals surface area contributed by atoms with Crippen molar-refractivity contribution in [3.63, 3.8) is 0 Å². The first-order valence-electron chi connectivity index (χ1n) is 7.83. The van der Waals surface area contributed by atoms with Crippen LogP contribution >= 0.6 is 0 Å². The van der Waals surface area contributed by atoms with Crippen LogP contribution in [0.5, 0.6) is 0 Å². The highest BCUT2D eigenvalue weighted by Gasteiger charge is 2.21. The summed E-state index contributed by atoms with van der Waals surface area (Å²) in [5, 5.41) is 3.34. The van der Waals surface area contributed by atoms with Crippen LogP contribution in [0.1, 0.15) is 42.1 Å². The summed E-state index contributed by atoms with van der Waals surface area (Å²) in [5.41, 5.74) is 2.87. The number of carbonyl (C=O) groups excluding carboxylic acids is 1. The maximum atomic E-state index is 12.5. The summed E-state index contributed by atoms with van der Waals surface area (Å²) in [7, 11) is 1.85. The molecule has 1 aliphatic rings. The Morgan fingerprint density at radius 2 is 2.29 bits per heavy atom. The van der Waals surface area contributed by atoms with E-state index in [1.165, 1.54) is 0 Å². The maximum Gasteiger partial charge on any atom is 0.253 e. The van der Waals surface area contributed by atoms with Gasteiger partial charge in [-0.05, 0) is 49.9 Å². The van der Waals surface area contributed by atoms with Crippen molar-refractivity contribution in [1.29, 1.82) is 0 Å². The molecule has 0 spiro atoms. The van der Waals surface area contributed by atoms with Gasteiger partial charge in [-0.25, -0.2) is 0 Å². The summed E-state index contributed by atoms with van der Waals surface area (Å²) in [4.78, 5) is 14.3. The Balaban J connectivity index is 2.00. The lowest BCUT2D eigenvalue weighted by Crippen LogP contribution is -2.34. The van der Waals surface area contributed by atoms with E-state index >= 15 is 0 Å². The molecule has 1 aromatic carbocycles. The molecule has 0 aromatic heterocycles. The normalized spacial score (nSPS) is 17.8. The minimum Gasteiger partial charge on any atom is -0.385 e. The molecule has 0 aliphatic carbocycles. The Labute approximate surface area is 127 Å². The van der Waals surface area contributed by atoms with Crippen molar-refractivity contribution in [2.75, 3.05) is 32.1 Å². The molecule has 1 heterocycles. The van der Waals surface area contributed by atoms with E-state index in [1.807, 2.05) is 32.2 Å². The van der Waals surface area contributed by atoms with Gasteiger partial charge < -0.3 is 15.0 Å². The van der Waals surface area contributed by atoms with E-state index in [4.69, 9.17) is 4.74 Å². The predicted molar refractivity (Wildman–Crippen MR) is 85.9 cm³/mol. The molecule has 1 atom stereocenters. The van der Waals surface area contributed by atoms with Crippen LogP contribution in [0.4, 0.5) is 5.69 Å². The highest BCUT2D eigenvalue weighted by Crippen LogP contribution is 2.18. The van der Waals surface area contributed by atoms with Gasteiger partial charge in [-0.2, -0.15) is 0 Å². The van der Waals surface area contributed by atoms with Gasteiger partial charge in [0.1, 0.15) is 0 Å². The number of anilines is 1. The molecule has 4 heteroatoms. The van der Waals surface area contributed by atoms with Crippen LogP contribution in [-0.4, -0.2) is 43.7 Å². The summed E-state index contributed by atoms with van der Waals surface area (Å²) in [5.74, 6) is 0.0741. The Morgan fingerprint density at radius 3 is 2.90 bits per heavy atom. The third-order valence-electron chi connectivity index (χ3n) is 3.88. The van der Waals surface area contributed by atoms with E-state index in [0.29, 0.717) is 6.54 Å². The largest absolute Gasteiger partial charge is 0.385 e. The number of likely N-dealkylation sites (N-methyl/N-ethyl adjacent to an activating group) is 1. The Hall–Kier alpha value is -1.55. The lowest BCUT2D eigenvalue weighted by atomic mass is 10.1. The molecule has 1 saturated heterocycles. The van der Waals surface area contributed by atoms with Crippen LogP contribution in [0.25, 0.3) is 0 Å². The number of benzene rings is 1. The van der Waals surface area contributed by atoms with Gasteiger partial charge in [-0.3, -0.25) is 4.79 Å². The molecule has 1 aliphatic heterocycles. The molecule has 1 unspecified atom stereocenters. The van der Waals surface area contributed by atoms with Crippen molar-refractivity contribution in [3.8, 4) is 0 Å². The average Bonchev–Trinajstić information content (AvgIpc) is 2.97. The Kier molecular flexibility index (Phi) is 5.62. The molecular formula is C17H26N2O2. The second kappa shape index (κ2) is 7.46. The summed E-state index contributed by atoms with van der Waals surface area (Å²) >= 11 is 0. The molecule has 1 N–H and O–H groups in total. The van der Waals surface area contributed by atoms with E-state index < -0.39 is 0 Å². The standard InChI is InChI=1S/C17H26N2O2/c1-4-9-18-14-7-8-16(13(2)11-14)17(20)19(3)12-15-6-5-10-21-15/h7-8,11,15,18H,4-6,9-10,12H2,1-3H3. The van der Waals surface area contributed by atoms with Crippen molar-refractivity contribution in [1.82, 2.24) is 4.90 Å². The minimum atomic E-state index is 0.0741. The zero-order valence-electron chi connectivity index (χ0n) is 13.3. The van der Waals surface area contributed by atoms with Crippen LogP contribution < -0.4 is 5.32 Å². The molecule has 116 valence electrons. The van der Waals surface area contributed by atoms with Gasteiger partial charge in [0.15, 0.2) is 0 Å². The SMILES string of the molecule is CCCNc1ccc(C(=O)N(C)CC2CCCO2)c(C)c1. The zero-order chi connectivity index (χ0) is 15.2. The fourth-order valence-electron chi connectivity index (χ4n) is 2.67. The minimum absolute atomic E-state index is 0.0741. The number of aryl methyl sites for hydroxylation is 1. The second-order valence-electron chi connectivity index (χ2n) is 5.78. The monoisotopic (exact) mass is 290 g/mol. The van der Waals surface area contributed by atoms with Crippen LogP contribution in [0.15, 0.2) is 18.2 Å². The first-order valence-corrected chi connectivity index (χ1v) is 7.83. The van der Waals surface area contributed by atoms with E-state index in [1.54, 1.807) is 4.90 Å². The third kappa shape index (κ3) is 4.21. The van der Waals surface area contributed by atoms with Crippen molar-refractivity contribution in [2.24, 2.45) is 0 Å². The van der Waals surface area contributed by atoms with Crippen LogP contribution in [0, 0.1) is 6.92 Å². The van der Waals surface area contributed by atoms with Gasteiger partial charge in [0.25, 0.3) is 5.91 Å². The second-order valence-corrected chi connectivity index (χ2v) is 5.78. The van der Waals surface area contributed by atoms with Gasteiger partial charge in [0, 0.05) is 38.0 Å². The van der Waals surface area contributed by atoms with Gasteiger partial charge in [-0.15, -0.1) is 0 Å². The van der Waals surface area contributed by atoms with Gasteiger partial charge in [0.2, 0.25) is 0 Å². The first-order chi connectivity index (χ1) is 10.1. The smallest absolute Gasteiger partial charge is 0.253 e. The molecule has 0 bridgehead atoms. The van der Waals surface area contributed by atoms with E-state index in [0.717, 1.165) is 49.2 Å². The number of rotatable bonds is 6. The number of amides is 1. The summed E-state index contributed by atoms with van der Waals surface area (Å²) in [6.07, 6.45) is 3.44. The Morgan fingerprint density at radius 1 is 1.48 bits per heavy atom. The van der Waals surface area contributed by atoms with Crippen LogP contribution in [0.3, 0.4) is 0 Å². The van der Waals surface area contributed by atoms with Gasteiger partial charge in [0.05, 0.1) is 6.10 Å². The number of hydrogen-bond donors (Lipinski definition) is 1. The van der Waals surface area contributed by atoms with Crippen molar-refractivity contribution in [2.45, 2.75) is 39.2 Å². The van der Waals surface area contributed by atoms with Crippen LogP contribution in [-0.2, 0) is 4.74 Å². The number of nitrogens with one attached hydrogen (secondary N) is 1. The number of carbonyl (C=O) groups is 1. The zero-order valence-corrected chi connectivity index (χ0v) is 13.3. The maximum absolute atomic E-state index is 12.5. The number of ether oxygens (including phenoxy) is 1. The molecule has 21 heavy (non-hydrogen) atoms. The summed E-state index contributed by atoms with van der Waals surface area (Å²) < 4.78 is 5.60. The lowest BCUT2D eigenvalue weighted by Gasteiger charge is -2.22. The van der Waals surface area contributed by atoms with Gasteiger partial charge in [-0.1, -0.05) is 6.92 Å². The molecule has 1 amide bonds. The highest BCUT2D eigenvalue weighted by molar-refractivity contribution is 5.96. The third-order valence-corrected chi connectivity index (χ3v) is 3.88. The molecule has 0 radical (unpaired) electrons. The lowest BCUT2D eigenvalue weighted by molar-refractivity contribution is 0.0586. The molecule has 4 nitrogen and oxygen atoms in total. The highest BCUT2D eigenvalue weighted by atomic mass is 16.5. The van der Waals surface area contributed by atoms with E-state index in [9.17, 15) is 4.79 Å². The molecular weight excluding hydrogens is 264 g/mol. The summed E-state index contributed by atoms with van der Waals surface area (Å²) in [6, 6.07) is 5.94. The molecule has 1 fully saturated rings. The van der Waals surface area contributed by atoms with E-state index in [2.05, 4.69) is 12.2 Å². The average molecular weight is 290 g/mol. The fraction of sp³-hybridized carbons (Fsp3) is 0.588. The quantitative estimate of drug-likeness (QED) is 0.875. The molecule has 0 saturated carbocycles.